The van der Waals surface area contributed by atoms with Crippen LogP contribution in [0.1, 0.15) is 24.9 Å². The molecule has 0 radical (unpaired) electrons. The molecule has 11 heteroatoms. The maximum absolute atomic E-state index is 12.7. The summed E-state index contributed by atoms with van der Waals surface area (Å²) in [6.07, 6.45) is 0. The number of carbonyl (C=O) groups is 2. The largest absolute Gasteiger partial charge is 0.478 e. The van der Waals surface area contributed by atoms with E-state index in [9.17, 15) is 23.1 Å². The standard InChI is InChI=1S/C19H14BrClN2O5S2/c1-10-17(30(27,28)23-13-5-3-12(21)4-6-13)9-16(29-10)18(24)22-15-7-2-11(20)8-14(15)19(25)26/h2-9,23H,1H3,(H,22,24)(H,25,26). The lowest BCUT2D eigenvalue weighted by Crippen LogP contribution is -2.15. The number of rotatable bonds is 6. The molecule has 1 aromatic heterocycles. The van der Waals surface area contributed by atoms with Gasteiger partial charge in [0.05, 0.1) is 16.1 Å². The van der Waals surface area contributed by atoms with Crippen LogP contribution < -0.4 is 10.0 Å². The first-order valence-electron chi connectivity index (χ1n) is 8.30. The number of carbonyl (C=O) groups excluding carboxylic acids is 1. The van der Waals surface area contributed by atoms with Gasteiger partial charge in [-0.15, -0.1) is 11.3 Å². The van der Waals surface area contributed by atoms with E-state index in [0.717, 1.165) is 11.3 Å². The highest BCUT2D eigenvalue weighted by Crippen LogP contribution is 2.29. The van der Waals surface area contributed by atoms with Crippen LogP contribution in [0.5, 0.6) is 0 Å². The van der Waals surface area contributed by atoms with Crippen molar-refractivity contribution in [1.82, 2.24) is 0 Å². The molecular weight excluding hydrogens is 516 g/mol. The second-order valence-electron chi connectivity index (χ2n) is 6.09. The molecule has 0 atom stereocenters. The van der Waals surface area contributed by atoms with Crippen molar-refractivity contribution >= 4 is 72.1 Å². The number of nitrogens with one attached hydrogen (secondary N) is 2. The Labute approximate surface area is 189 Å². The smallest absolute Gasteiger partial charge is 0.337 e. The van der Waals surface area contributed by atoms with E-state index in [1.165, 1.54) is 30.3 Å². The molecule has 0 bridgehead atoms. The number of aromatic carboxylic acids is 1. The number of hydrogen-bond donors (Lipinski definition) is 3. The van der Waals surface area contributed by atoms with Crippen LogP contribution in [0.2, 0.25) is 5.02 Å². The van der Waals surface area contributed by atoms with E-state index in [1.807, 2.05) is 0 Å². The minimum atomic E-state index is -3.93. The number of anilines is 2. The molecule has 0 fully saturated rings. The number of benzene rings is 2. The van der Waals surface area contributed by atoms with Crippen LogP contribution in [0.15, 0.2) is 57.9 Å². The van der Waals surface area contributed by atoms with Gasteiger partial charge >= 0.3 is 5.97 Å². The Kier molecular flexibility index (Phi) is 6.51. The molecule has 3 N–H and O–H groups in total. The zero-order chi connectivity index (χ0) is 22.1. The van der Waals surface area contributed by atoms with Crippen molar-refractivity contribution in [3.63, 3.8) is 0 Å². The summed E-state index contributed by atoms with van der Waals surface area (Å²) in [5, 5.41) is 12.3. The predicted molar refractivity (Wildman–Crippen MR) is 120 cm³/mol. The van der Waals surface area contributed by atoms with Crippen LogP contribution in [-0.2, 0) is 10.0 Å². The van der Waals surface area contributed by atoms with Crippen molar-refractivity contribution in [2.75, 3.05) is 10.0 Å². The van der Waals surface area contributed by atoms with Gasteiger partial charge in [0.2, 0.25) is 0 Å². The summed E-state index contributed by atoms with van der Waals surface area (Å²) in [4.78, 5) is 24.5. The Bertz CT molecular complexity index is 1240. The lowest BCUT2D eigenvalue weighted by atomic mass is 10.2. The van der Waals surface area contributed by atoms with Crippen LogP contribution in [-0.4, -0.2) is 25.4 Å². The molecule has 30 heavy (non-hydrogen) atoms. The zero-order valence-corrected chi connectivity index (χ0v) is 19.2. The maximum atomic E-state index is 12.7. The van der Waals surface area contributed by atoms with Gasteiger partial charge in [0.1, 0.15) is 4.90 Å². The summed E-state index contributed by atoms with van der Waals surface area (Å²) in [6, 6.07) is 11.8. The Morgan fingerprint density at radius 2 is 1.77 bits per heavy atom. The van der Waals surface area contributed by atoms with Crippen molar-refractivity contribution in [3.8, 4) is 0 Å². The first kappa shape index (κ1) is 22.3. The van der Waals surface area contributed by atoms with E-state index >= 15 is 0 Å². The molecule has 0 aliphatic rings. The molecule has 1 heterocycles. The third kappa shape index (κ3) is 5.01. The van der Waals surface area contributed by atoms with E-state index in [4.69, 9.17) is 11.6 Å². The maximum Gasteiger partial charge on any atom is 0.337 e. The number of carboxylic acids is 1. The van der Waals surface area contributed by atoms with E-state index < -0.39 is 21.9 Å². The normalized spacial score (nSPS) is 11.2. The number of amides is 1. The van der Waals surface area contributed by atoms with E-state index in [1.54, 1.807) is 25.1 Å². The average molecular weight is 530 g/mol. The highest BCUT2D eigenvalue weighted by Gasteiger charge is 2.23. The highest BCUT2D eigenvalue weighted by molar-refractivity contribution is 9.10. The number of carboxylic acid groups (broad SMARTS) is 1. The lowest BCUT2D eigenvalue weighted by molar-refractivity contribution is 0.0698. The highest BCUT2D eigenvalue weighted by atomic mass is 79.9. The second-order valence-corrected chi connectivity index (χ2v) is 10.4. The SMILES string of the molecule is Cc1sc(C(=O)Nc2ccc(Br)cc2C(=O)O)cc1S(=O)(=O)Nc1ccc(Cl)cc1. The molecule has 0 saturated carbocycles. The van der Waals surface area contributed by atoms with Crippen LogP contribution in [0.4, 0.5) is 11.4 Å². The van der Waals surface area contributed by atoms with Crippen LogP contribution in [0.3, 0.4) is 0 Å². The minimum Gasteiger partial charge on any atom is -0.478 e. The van der Waals surface area contributed by atoms with Crippen LogP contribution in [0, 0.1) is 6.92 Å². The van der Waals surface area contributed by atoms with Gasteiger partial charge in [0, 0.05) is 20.1 Å². The summed E-state index contributed by atoms with van der Waals surface area (Å²) < 4.78 is 28.4. The molecule has 2 aromatic carbocycles. The number of thiophene rings is 1. The molecule has 156 valence electrons. The Morgan fingerprint density at radius 3 is 2.40 bits per heavy atom. The molecule has 1 amide bonds. The lowest BCUT2D eigenvalue weighted by Gasteiger charge is -2.08. The van der Waals surface area contributed by atoms with Crippen molar-refractivity contribution in [1.29, 1.82) is 0 Å². The first-order valence-corrected chi connectivity index (χ1v) is 11.8. The topological polar surface area (TPSA) is 113 Å². The summed E-state index contributed by atoms with van der Waals surface area (Å²) >= 11 is 9.99. The van der Waals surface area contributed by atoms with Gasteiger partial charge in [0.15, 0.2) is 0 Å². The number of halogens is 2. The van der Waals surface area contributed by atoms with Crippen LogP contribution >= 0.6 is 38.9 Å². The molecule has 7 nitrogen and oxygen atoms in total. The van der Waals surface area contributed by atoms with Gasteiger partial charge in [-0.25, -0.2) is 13.2 Å². The molecule has 3 aromatic rings. The third-order valence-corrected chi connectivity index (χ3v) is 7.37. The monoisotopic (exact) mass is 528 g/mol. The Balaban J connectivity index is 1.86. The molecule has 0 saturated heterocycles. The molecule has 0 spiro atoms. The number of aryl methyl sites for hydroxylation is 1. The fourth-order valence-corrected chi connectivity index (χ4v) is 5.59. The summed E-state index contributed by atoms with van der Waals surface area (Å²) in [7, 11) is -3.93. The average Bonchev–Trinajstić information content (AvgIpc) is 3.07. The molecule has 0 unspecified atom stereocenters. The Hall–Kier alpha value is -2.40. The predicted octanol–water partition coefficient (Wildman–Crippen LogP) is 5.22. The van der Waals surface area contributed by atoms with Gasteiger partial charge in [-0.1, -0.05) is 27.5 Å². The number of sulfonamides is 1. The third-order valence-electron chi connectivity index (χ3n) is 3.94. The summed E-state index contributed by atoms with van der Waals surface area (Å²) in [6.45, 7) is 1.58. The molecule has 0 aliphatic heterocycles. The summed E-state index contributed by atoms with van der Waals surface area (Å²) in [5.74, 6) is -1.81. The number of hydrogen-bond acceptors (Lipinski definition) is 5. The van der Waals surface area contributed by atoms with Crippen molar-refractivity contribution in [2.24, 2.45) is 0 Å². The van der Waals surface area contributed by atoms with Gasteiger partial charge in [0.25, 0.3) is 15.9 Å². The first-order chi connectivity index (χ1) is 14.1. The fourth-order valence-electron chi connectivity index (χ4n) is 2.56. The van der Waals surface area contributed by atoms with E-state index in [2.05, 4.69) is 26.0 Å². The van der Waals surface area contributed by atoms with E-state index in [0.29, 0.717) is 20.1 Å². The Morgan fingerprint density at radius 1 is 1.10 bits per heavy atom. The van der Waals surface area contributed by atoms with Crippen LogP contribution in [0.25, 0.3) is 0 Å². The second kappa shape index (κ2) is 8.76. The van der Waals surface area contributed by atoms with Gasteiger partial charge in [-0.3, -0.25) is 9.52 Å². The van der Waals surface area contributed by atoms with Crippen molar-refractivity contribution in [3.05, 3.63) is 73.3 Å². The molecule has 3 rings (SSSR count). The fraction of sp³-hybridized carbons (Fsp3) is 0.0526. The van der Waals surface area contributed by atoms with Gasteiger partial charge < -0.3 is 10.4 Å². The van der Waals surface area contributed by atoms with Gasteiger partial charge in [-0.2, -0.15) is 0 Å². The van der Waals surface area contributed by atoms with Gasteiger partial charge in [-0.05, 0) is 55.5 Å². The van der Waals surface area contributed by atoms with E-state index in [-0.39, 0.29) is 21.0 Å². The summed E-state index contributed by atoms with van der Waals surface area (Å²) in [5.41, 5.74) is 0.339. The minimum absolute atomic E-state index is 0.0399. The quantitative estimate of drug-likeness (QED) is 0.405. The molecular formula is C19H14BrClN2O5S2. The zero-order valence-electron chi connectivity index (χ0n) is 15.3. The van der Waals surface area contributed by atoms with Crippen molar-refractivity contribution in [2.45, 2.75) is 11.8 Å². The van der Waals surface area contributed by atoms with Crippen molar-refractivity contribution < 1.29 is 23.1 Å². The molecule has 0 aliphatic carbocycles.